The Bertz CT molecular complexity index is 1120. The molecule has 1 amide bonds. The minimum atomic E-state index is -1.31. The van der Waals surface area contributed by atoms with Crippen LogP contribution in [-0.2, 0) is 9.59 Å². The van der Waals surface area contributed by atoms with Gasteiger partial charge in [-0.2, -0.15) is 4.98 Å². The first kappa shape index (κ1) is 23.4. The van der Waals surface area contributed by atoms with Crippen LogP contribution in [0.1, 0.15) is 23.2 Å². The van der Waals surface area contributed by atoms with E-state index in [1.165, 1.54) is 12.1 Å². The van der Waals surface area contributed by atoms with Crippen molar-refractivity contribution in [2.24, 2.45) is 0 Å². The van der Waals surface area contributed by atoms with Gasteiger partial charge in [0.15, 0.2) is 5.82 Å². The molecule has 3 rings (SSSR count). The molecule has 0 radical (unpaired) electrons. The van der Waals surface area contributed by atoms with Gasteiger partial charge in [0.1, 0.15) is 17.9 Å². The minimum absolute atomic E-state index is 0.0217. The Labute approximate surface area is 188 Å². The van der Waals surface area contributed by atoms with E-state index in [1.807, 2.05) is 11.9 Å². The molecule has 176 valence electrons. The average molecular weight is 459 g/mol. The molecule has 0 bridgehead atoms. The fourth-order valence-corrected chi connectivity index (χ4v) is 3.59. The van der Waals surface area contributed by atoms with Gasteiger partial charge in [0.05, 0.1) is 6.54 Å². The molecule has 0 spiro atoms. The number of rotatable bonds is 8. The number of aromatic amines is 1. The van der Waals surface area contributed by atoms with E-state index in [0.29, 0.717) is 18.1 Å². The van der Waals surface area contributed by atoms with Crippen LogP contribution in [0.3, 0.4) is 0 Å². The van der Waals surface area contributed by atoms with Gasteiger partial charge in [0.25, 0.3) is 11.5 Å². The Kier molecular flexibility index (Phi) is 6.70. The largest absolute Gasteiger partial charge is 0.481 e. The van der Waals surface area contributed by atoms with Crippen LogP contribution in [0.2, 0.25) is 0 Å². The first-order chi connectivity index (χ1) is 15.6. The lowest BCUT2D eigenvalue weighted by Gasteiger charge is -2.41. The van der Waals surface area contributed by atoms with Crippen LogP contribution in [0.15, 0.2) is 29.1 Å². The van der Waals surface area contributed by atoms with Gasteiger partial charge in [0, 0.05) is 31.8 Å². The zero-order chi connectivity index (χ0) is 24.3. The van der Waals surface area contributed by atoms with E-state index in [2.05, 4.69) is 20.6 Å². The van der Waals surface area contributed by atoms with Gasteiger partial charge >= 0.3 is 11.9 Å². The number of benzene rings is 1. The number of nitrogens with zero attached hydrogens (tertiary/aromatic N) is 3. The van der Waals surface area contributed by atoms with Crippen LogP contribution in [0, 0.1) is 0 Å². The molecule has 1 aliphatic rings. The number of carbonyl (C=O) groups excluding carboxylic acids is 1. The number of carboxylic acid groups (broad SMARTS) is 2. The molecular weight excluding hydrogens is 434 g/mol. The molecule has 0 saturated carbocycles. The molecule has 1 aromatic carbocycles. The highest BCUT2D eigenvalue weighted by atomic mass is 16.4. The van der Waals surface area contributed by atoms with Crippen LogP contribution in [0.4, 0.5) is 23.1 Å². The monoisotopic (exact) mass is 459 g/mol. The summed E-state index contributed by atoms with van der Waals surface area (Å²) in [5, 5.41) is 23.4. The Morgan fingerprint density at radius 1 is 1.30 bits per heavy atom. The van der Waals surface area contributed by atoms with Crippen molar-refractivity contribution in [2.45, 2.75) is 25.0 Å². The SMILES string of the molecule is CN(c1ccc(C(=O)NC(CCC(=O)O)C(=O)O)cc1)C1CNc2nc(N)[nH]c(=O)c2N1C. The Balaban J connectivity index is 1.71. The van der Waals surface area contributed by atoms with Gasteiger partial charge in [-0.3, -0.25) is 19.4 Å². The summed E-state index contributed by atoms with van der Waals surface area (Å²) in [5.41, 5.74) is 6.56. The van der Waals surface area contributed by atoms with Gasteiger partial charge in [-0.1, -0.05) is 0 Å². The summed E-state index contributed by atoms with van der Waals surface area (Å²) in [6, 6.07) is 5.15. The van der Waals surface area contributed by atoms with Gasteiger partial charge in [-0.15, -0.1) is 0 Å². The molecule has 2 unspecified atom stereocenters. The summed E-state index contributed by atoms with van der Waals surface area (Å²) in [6.45, 7) is 0.446. The van der Waals surface area contributed by atoms with E-state index in [4.69, 9.17) is 10.8 Å². The zero-order valence-electron chi connectivity index (χ0n) is 18.0. The lowest BCUT2D eigenvalue weighted by Crippen LogP contribution is -2.53. The number of nitrogens with one attached hydrogen (secondary N) is 3. The molecule has 13 nitrogen and oxygen atoms in total. The van der Waals surface area contributed by atoms with Gasteiger partial charge < -0.3 is 36.4 Å². The van der Waals surface area contributed by atoms with Crippen molar-refractivity contribution in [3.05, 3.63) is 40.2 Å². The Hall–Kier alpha value is -4.29. The third kappa shape index (κ3) is 5.14. The highest BCUT2D eigenvalue weighted by molar-refractivity contribution is 5.97. The number of H-pyrrole nitrogens is 1. The fourth-order valence-electron chi connectivity index (χ4n) is 3.59. The standard InChI is InChI=1S/C20H25N7O6/c1-26(13-9-22-16-15(27(13)2)18(31)25-20(21)24-16)11-5-3-10(4-6-11)17(30)23-12(19(32)33)7-8-14(28)29/h3-6,12-13H,7-9H2,1-2H3,(H,23,30)(H,28,29)(H,32,33)(H4,21,22,24,25,31). The van der Waals surface area contributed by atoms with E-state index < -0.39 is 23.9 Å². The second kappa shape index (κ2) is 9.46. The number of anilines is 4. The normalized spacial score (nSPS) is 15.7. The molecule has 0 saturated heterocycles. The van der Waals surface area contributed by atoms with Crippen molar-refractivity contribution in [2.75, 3.05) is 41.5 Å². The van der Waals surface area contributed by atoms with E-state index in [1.54, 1.807) is 24.1 Å². The number of nitrogens with two attached hydrogens (primary N) is 1. The minimum Gasteiger partial charge on any atom is -0.481 e. The molecule has 13 heteroatoms. The average Bonchev–Trinajstić information content (AvgIpc) is 2.75. The third-order valence-electron chi connectivity index (χ3n) is 5.40. The summed E-state index contributed by atoms with van der Waals surface area (Å²) in [4.78, 5) is 57.0. The number of aliphatic carboxylic acids is 2. The maximum Gasteiger partial charge on any atom is 0.326 e. The van der Waals surface area contributed by atoms with Crippen molar-refractivity contribution in [1.82, 2.24) is 15.3 Å². The molecule has 7 N–H and O–H groups in total. The summed E-state index contributed by atoms with van der Waals surface area (Å²) in [7, 11) is 3.59. The van der Waals surface area contributed by atoms with Crippen molar-refractivity contribution >= 4 is 41.0 Å². The summed E-state index contributed by atoms with van der Waals surface area (Å²) < 4.78 is 0. The molecule has 2 atom stereocenters. The maximum absolute atomic E-state index is 12.4. The van der Waals surface area contributed by atoms with Gasteiger partial charge in [-0.05, 0) is 30.7 Å². The smallest absolute Gasteiger partial charge is 0.326 e. The quantitative estimate of drug-likeness (QED) is 0.304. The summed E-state index contributed by atoms with van der Waals surface area (Å²) >= 11 is 0. The van der Waals surface area contributed by atoms with Crippen molar-refractivity contribution < 1.29 is 24.6 Å². The fraction of sp³-hybridized carbons (Fsp3) is 0.350. The zero-order valence-corrected chi connectivity index (χ0v) is 18.0. The number of nitrogen functional groups attached to an aromatic ring is 1. The predicted octanol–water partition coefficient (Wildman–Crippen LogP) is -0.276. The molecule has 0 fully saturated rings. The number of aromatic nitrogens is 2. The maximum atomic E-state index is 12.4. The molecular formula is C20H25N7O6. The summed E-state index contributed by atoms with van der Waals surface area (Å²) in [6.07, 6.45) is -0.853. The highest BCUT2D eigenvalue weighted by Gasteiger charge is 2.30. The van der Waals surface area contributed by atoms with E-state index in [-0.39, 0.29) is 36.1 Å². The Morgan fingerprint density at radius 2 is 1.97 bits per heavy atom. The Morgan fingerprint density at radius 3 is 2.58 bits per heavy atom. The van der Waals surface area contributed by atoms with Crippen molar-refractivity contribution in [1.29, 1.82) is 0 Å². The number of amides is 1. The molecule has 33 heavy (non-hydrogen) atoms. The number of hydrogen-bond donors (Lipinski definition) is 6. The topological polar surface area (TPSA) is 194 Å². The third-order valence-corrected chi connectivity index (χ3v) is 5.40. The number of fused-ring (bicyclic) bond motifs is 1. The van der Waals surface area contributed by atoms with E-state index in [0.717, 1.165) is 5.69 Å². The number of likely N-dealkylation sites (N-methyl/N-ethyl adjacent to an activating group) is 2. The molecule has 2 heterocycles. The van der Waals surface area contributed by atoms with E-state index in [9.17, 15) is 24.3 Å². The number of carbonyl (C=O) groups is 3. The summed E-state index contributed by atoms with van der Waals surface area (Å²) in [5.74, 6) is -2.66. The lowest BCUT2D eigenvalue weighted by atomic mass is 10.1. The molecule has 1 aromatic heterocycles. The van der Waals surface area contributed by atoms with Gasteiger partial charge in [-0.25, -0.2) is 4.79 Å². The first-order valence-electron chi connectivity index (χ1n) is 10.0. The van der Waals surface area contributed by atoms with E-state index >= 15 is 0 Å². The van der Waals surface area contributed by atoms with Crippen LogP contribution < -0.4 is 31.7 Å². The van der Waals surface area contributed by atoms with Crippen molar-refractivity contribution in [3.8, 4) is 0 Å². The van der Waals surface area contributed by atoms with Crippen molar-refractivity contribution in [3.63, 3.8) is 0 Å². The van der Waals surface area contributed by atoms with Crippen LogP contribution >= 0.6 is 0 Å². The molecule has 2 aromatic rings. The van der Waals surface area contributed by atoms with Gasteiger partial charge in [0.2, 0.25) is 5.95 Å². The predicted molar refractivity (Wildman–Crippen MR) is 121 cm³/mol. The molecule has 1 aliphatic heterocycles. The second-order valence-electron chi connectivity index (χ2n) is 7.58. The first-order valence-corrected chi connectivity index (χ1v) is 10.0. The highest BCUT2D eigenvalue weighted by Crippen LogP contribution is 2.28. The number of carboxylic acids is 2. The van der Waals surface area contributed by atoms with Crippen LogP contribution in [-0.4, -0.2) is 70.9 Å². The number of hydrogen-bond acceptors (Lipinski definition) is 9. The van der Waals surface area contributed by atoms with Crippen LogP contribution in [0.5, 0.6) is 0 Å². The second-order valence-corrected chi connectivity index (χ2v) is 7.58. The van der Waals surface area contributed by atoms with Crippen LogP contribution in [0.25, 0.3) is 0 Å². The lowest BCUT2D eigenvalue weighted by molar-refractivity contribution is -0.140. The molecule has 0 aliphatic carbocycles.